The molecule has 0 radical (unpaired) electrons. The molecule has 1 N–H and O–H groups in total. The lowest BCUT2D eigenvalue weighted by Crippen LogP contribution is -2.44. The van der Waals surface area contributed by atoms with Gasteiger partial charge in [0.05, 0.1) is 12.6 Å². The Hall–Kier alpha value is -3.77. The van der Waals surface area contributed by atoms with E-state index in [4.69, 9.17) is 16.3 Å². The van der Waals surface area contributed by atoms with Crippen LogP contribution in [0.25, 0.3) is 0 Å². The maximum Gasteiger partial charge on any atom is 0.573 e. The van der Waals surface area contributed by atoms with Crippen LogP contribution in [0.2, 0.25) is 5.02 Å². The van der Waals surface area contributed by atoms with Gasteiger partial charge in [-0.15, -0.1) is 13.2 Å². The van der Waals surface area contributed by atoms with E-state index in [-0.39, 0.29) is 48.3 Å². The molecule has 2 heterocycles. The molecule has 0 saturated heterocycles. The lowest BCUT2D eigenvalue weighted by atomic mass is 10.2. The standard InChI is InChI=1S/C26H24ClF3N4O5/c1-32-21(36)14-33(17-9-10-18(35)11-17)24(37)22-23(32)31-25(34(22)13-15-5-7-16(27)8-6-15)38-19-3-2-4-20(12-19)39-26(28,29)30/h2-8,12,17-18,35H,9-11,13-14H2,1H3/t17?,18-/m0/s1. The third kappa shape index (κ3) is 5.81. The monoisotopic (exact) mass is 564 g/mol. The molecule has 1 unspecified atom stereocenters. The van der Waals surface area contributed by atoms with Crippen LogP contribution in [0, 0.1) is 0 Å². The molecule has 5 rings (SSSR count). The van der Waals surface area contributed by atoms with Gasteiger partial charge in [-0.2, -0.15) is 4.98 Å². The van der Waals surface area contributed by atoms with Crippen molar-refractivity contribution >= 4 is 29.2 Å². The van der Waals surface area contributed by atoms with Gasteiger partial charge >= 0.3 is 12.4 Å². The molecule has 1 aliphatic carbocycles. The van der Waals surface area contributed by atoms with Crippen LogP contribution in [0.4, 0.5) is 19.0 Å². The second-order valence-corrected chi connectivity index (χ2v) is 9.85. The summed E-state index contributed by atoms with van der Waals surface area (Å²) in [7, 11) is 1.49. The summed E-state index contributed by atoms with van der Waals surface area (Å²) < 4.78 is 49.6. The van der Waals surface area contributed by atoms with Crippen LogP contribution < -0.4 is 14.4 Å². The number of hydrogen-bond donors (Lipinski definition) is 1. The summed E-state index contributed by atoms with van der Waals surface area (Å²) in [5.74, 6) is -1.31. The quantitative estimate of drug-likeness (QED) is 0.470. The minimum atomic E-state index is -4.89. The van der Waals surface area contributed by atoms with E-state index >= 15 is 0 Å². The van der Waals surface area contributed by atoms with Gasteiger partial charge < -0.3 is 19.5 Å². The summed E-state index contributed by atoms with van der Waals surface area (Å²) in [4.78, 5) is 34.2. The minimum Gasteiger partial charge on any atom is -0.425 e. The normalized spacial score (nSPS) is 19.7. The number of carbonyl (C=O) groups excluding carboxylic acids is 2. The fraction of sp³-hybridized carbons (Fsp3) is 0.346. The zero-order valence-corrected chi connectivity index (χ0v) is 21.4. The van der Waals surface area contributed by atoms with Crippen molar-refractivity contribution < 1.29 is 37.3 Å². The third-order valence-electron chi connectivity index (χ3n) is 6.70. The lowest BCUT2D eigenvalue weighted by Gasteiger charge is -2.27. The Labute approximate surface area is 226 Å². The predicted octanol–water partition coefficient (Wildman–Crippen LogP) is 4.61. The van der Waals surface area contributed by atoms with Crippen molar-refractivity contribution in [2.75, 3.05) is 18.5 Å². The van der Waals surface area contributed by atoms with Crippen molar-refractivity contribution in [1.29, 1.82) is 0 Å². The number of aromatic nitrogens is 2. The second kappa shape index (κ2) is 10.4. The average Bonchev–Trinajstić information content (AvgIpc) is 3.43. The molecule has 206 valence electrons. The molecule has 1 aromatic heterocycles. The van der Waals surface area contributed by atoms with Crippen molar-refractivity contribution in [3.05, 3.63) is 64.8 Å². The van der Waals surface area contributed by atoms with E-state index in [2.05, 4.69) is 9.72 Å². The Bertz CT molecular complexity index is 1400. The molecule has 0 bridgehead atoms. The summed E-state index contributed by atoms with van der Waals surface area (Å²) in [6.07, 6.45) is -4.06. The zero-order chi connectivity index (χ0) is 27.9. The number of alkyl halides is 3. The van der Waals surface area contributed by atoms with Gasteiger partial charge in [0.2, 0.25) is 5.91 Å². The highest BCUT2D eigenvalue weighted by Gasteiger charge is 2.41. The van der Waals surface area contributed by atoms with Gasteiger partial charge in [-0.25, -0.2) is 0 Å². The number of aliphatic hydroxyl groups excluding tert-OH is 1. The molecule has 1 saturated carbocycles. The molecule has 1 aliphatic heterocycles. The number of carbonyl (C=O) groups is 2. The third-order valence-corrected chi connectivity index (χ3v) is 6.95. The highest BCUT2D eigenvalue weighted by molar-refractivity contribution is 6.30. The number of likely N-dealkylation sites (N-methyl/N-ethyl adjacent to an activating group) is 1. The topological polar surface area (TPSA) is 97.1 Å². The fourth-order valence-corrected chi connectivity index (χ4v) is 4.92. The van der Waals surface area contributed by atoms with E-state index in [1.54, 1.807) is 24.3 Å². The molecule has 3 aromatic rings. The molecular weight excluding hydrogens is 541 g/mol. The number of imidazole rings is 1. The Morgan fingerprint density at radius 1 is 1.10 bits per heavy atom. The number of rotatable bonds is 6. The summed E-state index contributed by atoms with van der Waals surface area (Å²) in [6.45, 7) is -0.0977. The first kappa shape index (κ1) is 26.8. The van der Waals surface area contributed by atoms with Gasteiger partial charge in [0.1, 0.15) is 18.0 Å². The highest BCUT2D eigenvalue weighted by atomic mass is 35.5. The Morgan fingerprint density at radius 3 is 2.49 bits per heavy atom. The summed E-state index contributed by atoms with van der Waals surface area (Å²) in [6, 6.07) is 11.3. The number of halogens is 4. The largest absolute Gasteiger partial charge is 0.573 e. The number of amides is 2. The fourth-order valence-electron chi connectivity index (χ4n) is 4.79. The van der Waals surface area contributed by atoms with Crippen LogP contribution >= 0.6 is 11.6 Å². The Morgan fingerprint density at radius 2 is 1.82 bits per heavy atom. The summed E-state index contributed by atoms with van der Waals surface area (Å²) in [5.41, 5.74) is 0.810. The molecule has 2 aromatic carbocycles. The van der Waals surface area contributed by atoms with Gasteiger partial charge in [-0.3, -0.25) is 19.1 Å². The highest BCUT2D eigenvalue weighted by Crippen LogP contribution is 2.36. The number of fused-ring (bicyclic) bond motifs is 1. The SMILES string of the molecule is CN1C(=O)CN(C2CC[C@H](O)C2)C(=O)c2c1nc(Oc1cccc(OC(F)(F)F)c1)n2Cc1ccc(Cl)cc1. The summed E-state index contributed by atoms with van der Waals surface area (Å²) >= 11 is 6.03. The lowest BCUT2D eigenvalue weighted by molar-refractivity contribution is -0.274. The number of anilines is 1. The van der Waals surface area contributed by atoms with Gasteiger partial charge in [0, 0.05) is 24.2 Å². The van der Waals surface area contributed by atoms with E-state index in [1.807, 2.05) is 0 Å². The second-order valence-electron chi connectivity index (χ2n) is 9.41. The Kier molecular flexibility index (Phi) is 7.17. The first-order valence-corrected chi connectivity index (χ1v) is 12.5. The number of hydrogen-bond acceptors (Lipinski definition) is 6. The number of ether oxygens (including phenoxy) is 2. The molecule has 2 atom stereocenters. The van der Waals surface area contributed by atoms with Crippen LogP contribution in [0.15, 0.2) is 48.5 Å². The van der Waals surface area contributed by atoms with Gasteiger partial charge in [0.25, 0.3) is 5.91 Å². The van der Waals surface area contributed by atoms with E-state index < -0.39 is 24.1 Å². The van der Waals surface area contributed by atoms with Crippen molar-refractivity contribution in [3.63, 3.8) is 0 Å². The maximum absolute atomic E-state index is 13.9. The van der Waals surface area contributed by atoms with Gasteiger partial charge in [-0.1, -0.05) is 29.8 Å². The minimum absolute atomic E-state index is 0.0218. The van der Waals surface area contributed by atoms with Crippen molar-refractivity contribution in [2.45, 2.75) is 44.3 Å². The predicted molar refractivity (Wildman–Crippen MR) is 134 cm³/mol. The maximum atomic E-state index is 13.9. The first-order valence-electron chi connectivity index (χ1n) is 12.1. The van der Waals surface area contributed by atoms with Gasteiger partial charge in [-0.05, 0) is 49.1 Å². The van der Waals surface area contributed by atoms with Gasteiger partial charge in [0.15, 0.2) is 11.5 Å². The van der Waals surface area contributed by atoms with Crippen LogP contribution in [-0.4, -0.2) is 63.5 Å². The van der Waals surface area contributed by atoms with Crippen molar-refractivity contribution in [2.24, 2.45) is 0 Å². The molecule has 0 spiro atoms. The molecule has 39 heavy (non-hydrogen) atoms. The van der Waals surface area contributed by atoms with E-state index in [0.717, 1.165) is 17.7 Å². The van der Waals surface area contributed by atoms with E-state index in [1.165, 1.54) is 33.5 Å². The molecule has 2 aliphatic rings. The van der Waals surface area contributed by atoms with E-state index in [9.17, 15) is 27.9 Å². The molecular formula is C26H24ClF3N4O5. The van der Waals surface area contributed by atoms with Crippen LogP contribution in [0.3, 0.4) is 0 Å². The zero-order valence-electron chi connectivity index (χ0n) is 20.7. The number of nitrogens with zero attached hydrogens (tertiary/aromatic N) is 4. The number of benzene rings is 2. The van der Waals surface area contributed by atoms with Crippen molar-refractivity contribution in [3.8, 4) is 17.5 Å². The average molecular weight is 565 g/mol. The first-order chi connectivity index (χ1) is 18.5. The van der Waals surface area contributed by atoms with E-state index in [0.29, 0.717) is 24.3 Å². The Balaban J connectivity index is 1.58. The summed E-state index contributed by atoms with van der Waals surface area (Å²) in [5, 5.41) is 10.6. The molecule has 13 heteroatoms. The molecule has 9 nitrogen and oxygen atoms in total. The van der Waals surface area contributed by atoms with Crippen LogP contribution in [-0.2, 0) is 11.3 Å². The van der Waals surface area contributed by atoms with Crippen LogP contribution in [0.1, 0.15) is 35.3 Å². The molecule has 1 fully saturated rings. The van der Waals surface area contributed by atoms with Crippen LogP contribution in [0.5, 0.6) is 17.5 Å². The molecule has 2 amide bonds. The number of aliphatic hydroxyl groups is 1. The smallest absolute Gasteiger partial charge is 0.425 e. The van der Waals surface area contributed by atoms with Crippen molar-refractivity contribution in [1.82, 2.24) is 14.5 Å².